The predicted molar refractivity (Wildman–Crippen MR) is 94.3 cm³/mol. The molecule has 1 aromatic carbocycles. The average molecular weight is 336 g/mol. The van der Waals surface area contributed by atoms with Crippen LogP contribution in [0.5, 0.6) is 0 Å². The van der Waals surface area contributed by atoms with E-state index in [1.54, 1.807) is 4.52 Å². The van der Waals surface area contributed by atoms with Gasteiger partial charge in [0.05, 0.1) is 0 Å². The van der Waals surface area contributed by atoms with E-state index in [0.29, 0.717) is 24.8 Å². The molecule has 7 heteroatoms. The van der Waals surface area contributed by atoms with Crippen LogP contribution >= 0.6 is 0 Å². The summed E-state index contributed by atoms with van der Waals surface area (Å²) in [7, 11) is 0. The number of hydrogen-bond donors (Lipinski definition) is 2. The average Bonchev–Trinajstić information content (AvgIpc) is 3.29. The summed E-state index contributed by atoms with van der Waals surface area (Å²) in [6.07, 6.45) is 2.41. The number of benzene rings is 1. The van der Waals surface area contributed by atoms with E-state index in [-0.39, 0.29) is 11.8 Å². The summed E-state index contributed by atoms with van der Waals surface area (Å²) in [6.45, 7) is 3.10. The molecular formula is C18H20N6O. The number of fused-ring (bicyclic) bond motifs is 1. The highest BCUT2D eigenvalue weighted by atomic mass is 16.2. The van der Waals surface area contributed by atoms with E-state index >= 15 is 0 Å². The molecule has 2 N–H and O–H groups in total. The van der Waals surface area contributed by atoms with Crippen molar-refractivity contribution < 1.29 is 4.79 Å². The second-order valence-corrected chi connectivity index (χ2v) is 6.33. The summed E-state index contributed by atoms with van der Waals surface area (Å²) in [6, 6.07) is 12.1. The number of carbonyl (C=O) groups excluding carboxylic acids is 1. The third-order valence-corrected chi connectivity index (χ3v) is 4.47. The molecule has 0 spiro atoms. The van der Waals surface area contributed by atoms with Crippen molar-refractivity contribution in [1.29, 1.82) is 0 Å². The highest BCUT2D eigenvalue weighted by Crippen LogP contribution is 2.47. The Kier molecular flexibility index (Phi) is 4.05. The summed E-state index contributed by atoms with van der Waals surface area (Å²) >= 11 is 0. The van der Waals surface area contributed by atoms with Gasteiger partial charge in [-0.2, -0.15) is 14.6 Å². The van der Waals surface area contributed by atoms with E-state index in [9.17, 15) is 4.79 Å². The second kappa shape index (κ2) is 6.51. The van der Waals surface area contributed by atoms with Gasteiger partial charge in [0.15, 0.2) is 0 Å². The van der Waals surface area contributed by atoms with Crippen molar-refractivity contribution in [3.05, 3.63) is 54.0 Å². The van der Waals surface area contributed by atoms with Crippen LogP contribution in [0.25, 0.3) is 5.78 Å². The van der Waals surface area contributed by atoms with Gasteiger partial charge >= 0.3 is 0 Å². The van der Waals surface area contributed by atoms with Gasteiger partial charge in [-0.05, 0) is 24.8 Å². The minimum absolute atomic E-state index is 0.104. The molecule has 0 aliphatic heterocycles. The Morgan fingerprint density at radius 2 is 2.12 bits per heavy atom. The normalized spacial score (nSPS) is 18.9. The summed E-state index contributed by atoms with van der Waals surface area (Å²) in [4.78, 5) is 20.6. The number of carbonyl (C=O) groups is 1. The number of aromatic nitrogens is 4. The minimum atomic E-state index is 0.104. The Morgan fingerprint density at radius 1 is 1.28 bits per heavy atom. The first kappa shape index (κ1) is 15.6. The number of nitrogens with zero attached hydrogens (tertiary/aromatic N) is 4. The highest BCUT2D eigenvalue weighted by Gasteiger charge is 2.43. The lowest BCUT2D eigenvalue weighted by Crippen LogP contribution is -2.30. The van der Waals surface area contributed by atoms with Crippen LogP contribution in [0.4, 0.5) is 5.82 Å². The van der Waals surface area contributed by atoms with E-state index < -0.39 is 0 Å². The minimum Gasteiger partial charge on any atom is -0.368 e. The summed E-state index contributed by atoms with van der Waals surface area (Å²) < 4.78 is 1.65. The van der Waals surface area contributed by atoms with Gasteiger partial charge in [0.2, 0.25) is 5.91 Å². The van der Waals surface area contributed by atoms with Crippen molar-refractivity contribution in [3.63, 3.8) is 0 Å². The number of anilines is 1. The van der Waals surface area contributed by atoms with Crippen LogP contribution in [0.3, 0.4) is 0 Å². The van der Waals surface area contributed by atoms with Gasteiger partial charge in [-0.15, -0.1) is 0 Å². The van der Waals surface area contributed by atoms with E-state index in [2.05, 4.69) is 37.8 Å². The van der Waals surface area contributed by atoms with Crippen molar-refractivity contribution in [2.45, 2.75) is 19.3 Å². The molecule has 1 aliphatic rings. The number of amides is 1. The quantitative estimate of drug-likeness (QED) is 0.670. The molecule has 1 amide bonds. The predicted octanol–water partition coefficient (Wildman–Crippen LogP) is 1.76. The van der Waals surface area contributed by atoms with Crippen LogP contribution in [0.15, 0.2) is 42.7 Å². The number of hydrogen-bond acceptors (Lipinski definition) is 5. The molecule has 2 aromatic heterocycles. The van der Waals surface area contributed by atoms with E-state index in [1.807, 2.05) is 31.2 Å². The number of nitrogens with one attached hydrogen (secondary N) is 2. The van der Waals surface area contributed by atoms with Gasteiger partial charge < -0.3 is 10.6 Å². The topological polar surface area (TPSA) is 84.2 Å². The maximum absolute atomic E-state index is 12.2. The molecule has 0 radical (unpaired) electrons. The zero-order chi connectivity index (χ0) is 17.2. The molecule has 1 fully saturated rings. The Bertz CT molecular complexity index is 891. The highest BCUT2D eigenvalue weighted by molar-refractivity contribution is 5.82. The van der Waals surface area contributed by atoms with Gasteiger partial charge in [0.1, 0.15) is 12.1 Å². The Labute approximate surface area is 145 Å². The second-order valence-electron chi connectivity index (χ2n) is 6.33. The fourth-order valence-corrected chi connectivity index (χ4v) is 3.12. The SMILES string of the molecule is Cc1cc(NCCNC(=O)[C@@H]2C[C@H]2c2ccccc2)n2ncnc2n1. The Hall–Kier alpha value is -2.96. The summed E-state index contributed by atoms with van der Waals surface area (Å²) in [5.74, 6) is 1.99. The Balaban J connectivity index is 1.27. The van der Waals surface area contributed by atoms with E-state index in [0.717, 1.165) is 17.9 Å². The standard InChI is InChI=1S/C18H20N6O/c1-12-9-16(24-18(23-12)21-11-22-24)19-7-8-20-17(25)15-10-14(15)13-5-3-2-4-6-13/h2-6,9,11,14-15,19H,7-8,10H2,1H3,(H,20,25)/t14-,15+/m0/s1. The van der Waals surface area contributed by atoms with Crippen LogP contribution in [0.2, 0.25) is 0 Å². The van der Waals surface area contributed by atoms with E-state index in [4.69, 9.17) is 0 Å². The largest absolute Gasteiger partial charge is 0.368 e. The molecule has 25 heavy (non-hydrogen) atoms. The zero-order valence-electron chi connectivity index (χ0n) is 14.0. The van der Waals surface area contributed by atoms with Crippen LogP contribution in [0, 0.1) is 12.8 Å². The summed E-state index contributed by atoms with van der Waals surface area (Å²) in [5, 5.41) is 10.4. The lowest BCUT2D eigenvalue weighted by molar-refractivity contribution is -0.122. The molecule has 128 valence electrons. The lowest BCUT2D eigenvalue weighted by atomic mass is 10.1. The first-order valence-electron chi connectivity index (χ1n) is 8.46. The van der Waals surface area contributed by atoms with Crippen molar-refractivity contribution >= 4 is 17.5 Å². The molecular weight excluding hydrogens is 316 g/mol. The van der Waals surface area contributed by atoms with Gasteiger partial charge in [-0.3, -0.25) is 4.79 Å². The third-order valence-electron chi connectivity index (χ3n) is 4.47. The first-order chi connectivity index (χ1) is 12.2. The molecule has 3 aromatic rings. The maximum atomic E-state index is 12.2. The van der Waals surface area contributed by atoms with Crippen molar-refractivity contribution in [1.82, 2.24) is 24.9 Å². The lowest BCUT2D eigenvalue weighted by Gasteiger charge is -2.09. The smallest absolute Gasteiger partial charge is 0.254 e. The van der Waals surface area contributed by atoms with Crippen LogP contribution in [0.1, 0.15) is 23.6 Å². The van der Waals surface area contributed by atoms with Crippen molar-refractivity contribution in [2.75, 3.05) is 18.4 Å². The van der Waals surface area contributed by atoms with E-state index in [1.165, 1.54) is 11.9 Å². The Morgan fingerprint density at radius 3 is 2.96 bits per heavy atom. The molecule has 7 nitrogen and oxygen atoms in total. The molecule has 0 saturated heterocycles. The number of aryl methyl sites for hydroxylation is 1. The zero-order valence-corrected chi connectivity index (χ0v) is 14.0. The van der Waals surface area contributed by atoms with Gasteiger partial charge in [0.25, 0.3) is 5.78 Å². The fourth-order valence-electron chi connectivity index (χ4n) is 3.12. The van der Waals surface area contributed by atoms with Crippen molar-refractivity contribution in [3.8, 4) is 0 Å². The first-order valence-corrected chi connectivity index (χ1v) is 8.46. The molecule has 0 bridgehead atoms. The molecule has 0 unspecified atom stereocenters. The maximum Gasteiger partial charge on any atom is 0.254 e. The molecule has 2 atom stereocenters. The fraction of sp³-hybridized carbons (Fsp3) is 0.333. The number of rotatable bonds is 6. The van der Waals surface area contributed by atoms with Gasteiger partial charge in [0, 0.05) is 30.8 Å². The molecule has 2 heterocycles. The summed E-state index contributed by atoms with van der Waals surface area (Å²) in [5.41, 5.74) is 2.12. The van der Waals surface area contributed by atoms with Crippen LogP contribution < -0.4 is 10.6 Å². The molecule has 4 rings (SSSR count). The van der Waals surface area contributed by atoms with Crippen LogP contribution in [-0.2, 0) is 4.79 Å². The monoisotopic (exact) mass is 336 g/mol. The van der Waals surface area contributed by atoms with Gasteiger partial charge in [-0.1, -0.05) is 30.3 Å². The van der Waals surface area contributed by atoms with Gasteiger partial charge in [-0.25, -0.2) is 4.98 Å². The third kappa shape index (κ3) is 3.31. The molecule has 1 saturated carbocycles. The van der Waals surface area contributed by atoms with Crippen molar-refractivity contribution in [2.24, 2.45) is 5.92 Å². The molecule has 1 aliphatic carbocycles. The van der Waals surface area contributed by atoms with Crippen LogP contribution in [-0.4, -0.2) is 38.6 Å².